The Morgan fingerprint density at radius 1 is 1.12 bits per heavy atom. The number of aryl methyl sites for hydroxylation is 1. The number of carbonyl (C=O) groups excluding carboxylic acids is 1. The van der Waals surface area contributed by atoms with E-state index in [4.69, 9.17) is 11.6 Å². The number of fused-ring (bicyclic) bond motifs is 2. The molecule has 32 heavy (non-hydrogen) atoms. The SMILES string of the molecule is Cc1nc2c(cnn2C(C)C)cc1C(=O)Nc1ccc2nc(-c3ccccc3Cl)[nH]c2c1. The predicted octanol–water partition coefficient (Wildman–Crippen LogP) is 5.77. The van der Waals surface area contributed by atoms with Crippen molar-refractivity contribution in [2.75, 3.05) is 5.32 Å². The fourth-order valence-electron chi connectivity index (χ4n) is 3.74. The van der Waals surface area contributed by atoms with Gasteiger partial charge < -0.3 is 10.3 Å². The van der Waals surface area contributed by atoms with E-state index in [-0.39, 0.29) is 11.9 Å². The number of anilines is 1. The van der Waals surface area contributed by atoms with E-state index in [1.807, 2.05) is 74.0 Å². The molecule has 3 heterocycles. The number of carbonyl (C=O) groups is 1. The molecule has 5 aromatic rings. The van der Waals surface area contributed by atoms with Crippen molar-refractivity contribution < 1.29 is 4.79 Å². The Morgan fingerprint density at radius 2 is 1.94 bits per heavy atom. The molecule has 0 atom stereocenters. The van der Waals surface area contributed by atoms with Crippen molar-refractivity contribution in [3.8, 4) is 11.4 Å². The number of hydrogen-bond acceptors (Lipinski definition) is 4. The number of aromatic amines is 1. The number of nitrogens with zero attached hydrogens (tertiary/aromatic N) is 4. The van der Waals surface area contributed by atoms with Crippen molar-refractivity contribution in [2.24, 2.45) is 0 Å². The molecule has 160 valence electrons. The monoisotopic (exact) mass is 444 g/mol. The first-order valence-corrected chi connectivity index (χ1v) is 10.7. The number of halogens is 1. The molecule has 0 fully saturated rings. The van der Waals surface area contributed by atoms with Crippen LogP contribution in [0.1, 0.15) is 35.9 Å². The summed E-state index contributed by atoms with van der Waals surface area (Å²) in [6, 6.07) is 15.1. The van der Waals surface area contributed by atoms with E-state index < -0.39 is 0 Å². The van der Waals surface area contributed by atoms with Crippen molar-refractivity contribution >= 4 is 45.3 Å². The van der Waals surface area contributed by atoms with Crippen LogP contribution in [0.5, 0.6) is 0 Å². The lowest BCUT2D eigenvalue weighted by molar-refractivity contribution is 0.102. The van der Waals surface area contributed by atoms with Crippen LogP contribution in [0.15, 0.2) is 54.7 Å². The number of pyridine rings is 1. The Kier molecular flexibility index (Phi) is 4.90. The first-order chi connectivity index (χ1) is 15.4. The average Bonchev–Trinajstić information content (AvgIpc) is 3.36. The van der Waals surface area contributed by atoms with Crippen LogP contribution >= 0.6 is 11.6 Å². The largest absolute Gasteiger partial charge is 0.338 e. The average molecular weight is 445 g/mol. The van der Waals surface area contributed by atoms with Gasteiger partial charge in [-0.25, -0.2) is 14.6 Å². The summed E-state index contributed by atoms with van der Waals surface area (Å²) < 4.78 is 1.85. The van der Waals surface area contributed by atoms with Crippen molar-refractivity contribution in [1.29, 1.82) is 0 Å². The third-order valence-electron chi connectivity index (χ3n) is 5.36. The quantitative estimate of drug-likeness (QED) is 0.368. The van der Waals surface area contributed by atoms with Gasteiger partial charge in [-0.2, -0.15) is 5.10 Å². The molecule has 0 aliphatic rings. The maximum absolute atomic E-state index is 13.0. The van der Waals surface area contributed by atoms with Gasteiger partial charge in [-0.3, -0.25) is 4.79 Å². The highest BCUT2D eigenvalue weighted by molar-refractivity contribution is 6.33. The van der Waals surface area contributed by atoms with Crippen molar-refractivity contribution in [2.45, 2.75) is 26.8 Å². The van der Waals surface area contributed by atoms with Crippen LogP contribution in [0.3, 0.4) is 0 Å². The van der Waals surface area contributed by atoms with Gasteiger partial charge in [-0.1, -0.05) is 23.7 Å². The summed E-state index contributed by atoms with van der Waals surface area (Å²) in [6.07, 6.45) is 1.74. The lowest BCUT2D eigenvalue weighted by Crippen LogP contribution is -2.14. The zero-order valence-corrected chi connectivity index (χ0v) is 18.6. The van der Waals surface area contributed by atoms with E-state index in [1.165, 1.54) is 0 Å². The molecule has 0 aliphatic heterocycles. The van der Waals surface area contributed by atoms with Gasteiger partial charge in [0.1, 0.15) is 5.82 Å². The molecule has 0 saturated carbocycles. The van der Waals surface area contributed by atoms with Crippen LogP contribution in [0.2, 0.25) is 5.02 Å². The van der Waals surface area contributed by atoms with E-state index in [9.17, 15) is 4.79 Å². The highest BCUT2D eigenvalue weighted by Crippen LogP contribution is 2.28. The van der Waals surface area contributed by atoms with E-state index in [0.717, 1.165) is 27.6 Å². The number of hydrogen-bond donors (Lipinski definition) is 2. The summed E-state index contributed by atoms with van der Waals surface area (Å²) in [6.45, 7) is 5.93. The zero-order valence-electron chi connectivity index (χ0n) is 17.8. The van der Waals surface area contributed by atoms with Gasteiger partial charge in [0.15, 0.2) is 5.65 Å². The molecule has 0 radical (unpaired) electrons. The highest BCUT2D eigenvalue weighted by Gasteiger charge is 2.16. The Hall–Kier alpha value is -3.71. The smallest absolute Gasteiger partial charge is 0.257 e. The van der Waals surface area contributed by atoms with Crippen LogP contribution < -0.4 is 5.32 Å². The van der Waals surface area contributed by atoms with Gasteiger partial charge in [0.25, 0.3) is 5.91 Å². The second-order valence-corrected chi connectivity index (χ2v) is 8.38. The molecule has 7 nitrogen and oxygen atoms in total. The lowest BCUT2D eigenvalue weighted by Gasteiger charge is -2.10. The van der Waals surface area contributed by atoms with Gasteiger partial charge >= 0.3 is 0 Å². The molecular weight excluding hydrogens is 424 g/mol. The zero-order chi connectivity index (χ0) is 22.4. The summed E-state index contributed by atoms with van der Waals surface area (Å²) in [4.78, 5) is 25.5. The van der Waals surface area contributed by atoms with Crippen molar-refractivity contribution in [3.63, 3.8) is 0 Å². The standard InChI is InChI=1S/C24H21ClN6O/c1-13(2)31-23-15(12-26-31)10-18(14(3)27-23)24(32)28-16-8-9-20-21(11-16)30-22(29-20)17-6-4-5-7-19(17)25/h4-13H,1-3H3,(H,28,32)(H,29,30). The van der Waals surface area contributed by atoms with Crippen LogP contribution in [-0.4, -0.2) is 30.6 Å². The summed E-state index contributed by atoms with van der Waals surface area (Å²) >= 11 is 6.30. The van der Waals surface area contributed by atoms with Crippen molar-refractivity contribution in [3.05, 3.63) is 71.0 Å². The normalized spacial score (nSPS) is 11.5. The molecule has 3 aromatic heterocycles. The second-order valence-electron chi connectivity index (χ2n) is 7.97. The molecule has 0 saturated heterocycles. The van der Waals surface area contributed by atoms with Crippen LogP contribution in [0.4, 0.5) is 5.69 Å². The van der Waals surface area contributed by atoms with Crippen LogP contribution in [0, 0.1) is 6.92 Å². The molecule has 0 bridgehead atoms. The van der Waals surface area contributed by atoms with E-state index >= 15 is 0 Å². The van der Waals surface area contributed by atoms with Crippen molar-refractivity contribution in [1.82, 2.24) is 24.7 Å². The third-order valence-corrected chi connectivity index (χ3v) is 5.69. The van der Waals surface area contributed by atoms with Gasteiger partial charge in [0.2, 0.25) is 0 Å². The van der Waals surface area contributed by atoms with Crippen LogP contribution in [-0.2, 0) is 0 Å². The second kappa shape index (κ2) is 7.76. The molecule has 5 rings (SSSR count). The number of benzene rings is 2. The minimum absolute atomic E-state index is 0.191. The fraction of sp³-hybridized carbons (Fsp3) is 0.167. The number of nitrogens with one attached hydrogen (secondary N) is 2. The van der Waals surface area contributed by atoms with E-state index in [1.54, 1.807) is 6.20 Å². The minimum Gasteiger partial charge on any atom is -0.338 e. The Morgan fingerprint density at radius 3 is 2.72 bits per heavy atom. The number of amides is 1. The fourth-order valence-corrected chi connectivity index (χ4v) is 3.97. The number of H-pyrrole nitrogens is 1. The molecule has 2 aromatic carbocycles. The summed E-state index contributed by atoms with van der Waals surface area (Å²) in [5.74, 6) is 0.459. The summed E-state index contributed by atoms with van der Waals surface area (Å²) in [5, 5.41) is 8.82. The first-order valence-electron chi connectivity index (χ1n) is 10.3. The van der Waals surface area contributed by atoms with E-state index in [2.05, 4.69) is 25.4 Å². The molecule has 8 heteroatoms. The molecule has 0 aliphatic carbocycles. The topological polar surface area (TPSA) is 88.5 Å². The summed E-state index contributed by atoms with van der Waals surface area (Å²) in [5.41, 5.74) is 5.03. The van der Waals surface area contributed by atoms with Gasteiger partial charge in [-0.05, 0) is 57.2 Å². The Bertz CT molecular complexity index is 1480. The predicted molar refractivity (Wildman–Crippen MR) is 127 cm³/mol. The Balaban J connectivity index is 1.45. The molecule has 0 unspecified atom stereocenters. The first kappa shape index (κ1) is 20.2. The number of imidazole rings is 1. The third kappa shape index (κ3) is 3.50. The molecule has 2 N–H and O–H groups in total. The molecule has 1 amide bonds. The van der Waals surface area contributed by atoms with Gasteiger partial charge in [0, 0.05) is 22.7 Å². The maximum Gasteiger partial charge on any atom is 0.257 e. The summed E-state index contributed by atoms with van der Waals surface area (Å²) in [7, 11) is 0. The minimum atomic E-state index is -0.223. The lowest BCUT2D eigenvalue weighted by atomic mass is 10.1. The maximum atomic E-state index is 13.0. The highest BCUT2D eigenvalue weighted by atomic mass is 35.5. The molecular formula is C24H21ClN6O. The number of aromatic nitrogens is 5. The van der Waals surface area contributed by atoms with Gasteiger partial charge in [0.05, 0.1) is 33.5 Å². The van der Waals surface area contributed by atoms with Crippen LogP contribution in [0.25, 0.3) is 33.5 Å². The Labute approximate surface area is 189 Å². The van der Waals surface area contributed by atoms with Gasteiger partial charge in [-0.15, -0.1) is 0 Å². The van der Waals surface area contributed by atoms with E-state index in [0.29, 0.717) is 27.8 Å². The number of rotatable bonds is 4. The molecule has 0 spiro atoms.